The number of carbonyl (C=O) groups is 1. The molecule has 0 aliphatic heterocycles. The van der Waals surface area contributed by atoms with Crippen molar-refractivity contribution in [2.24, 2.45) is 23.2 Å². The van der Waals surface area contributed by atoms with Gasteiger partial charge in [0.05, 0.1) is 5.41 Å². The van der Waals surface area contributed by atoms with Crippen molar-refractivity contribution < 1.29 is 9.45 Å². The SMILES string of the molecule is CB(OC(=O)C(C)(C)C)C12CC3CC(CC(C3)C1)C2. The van der Waals surface area contributed by atoms with Gasteiger partial charge in [0.2, 0.25) is 0 Å². The highest BCUT2D eigenvalue weighted by Gasteiger charge is 2.56. The molecule has 0 heterocycles. The van der Waals surface area contributed by atoms with E-state index in [2.05, 4.69) is 6.82 Å². The Kier molecular flexibility index (Phi) is 3.03. The van der Waals surface area contributed by atoms with E-state index in [1.54, 1.807) is 0 Å². The maximum atomic E-state index is 12.1. The van der Waals surface area contributed by atoms with Gasteiger partial charge in [0.25, 0.3) is 5.97 Å². The van der Waals surface area contributed by atoms with E-state index in [0.717, 1.165) is 17.8 Å². The quantitative estimate of drug-likeness (QED) is 0.698. The second-order valence-corrected chi connectivity index (χ2v) is 8.58. The Morgan fingerprint density at radius 2 is 1.47 bits per heavy atom. The fourth-order valence-corrected chi connectivity index (χ4v) is 5.14. The molecule has 0 N–H and O–H groups in total. The Hall–Kier alpha value is -0.465. The second-order valence-electron chi connectivity index (χ2n) is 8.58. The summed E-state index contributed by atoms with van der Waals surface area (Å²) < 4.78 is 5.86. The zero-order valence-corrected chi connectivity index (χ0v) is 12.9. The highest BCUT2D eigenvalue weighted by molar-refractivity contribution is 6.56. The lowest BCUT2D eigenvalue weighted by Crippen LogP contribution is -2.50. The lowest BCUT2D eigenvalue weighted by atomic mass is 9.33. The van der Waals surface area contributed by atoms with Gasteiger partial charge in [0.15, 0.2) is 0 Å². The number of rotatable bonds is 2. The molecule has 4 rings (SSSR count). The largest absolute Gasteiger partial charge is 0.536 e. The summed E-state index contributed by atoms with van der Waals surface area (Å²) in [5.41, 5.74) is -0.378. The van der Waals surface area contributed by atoms with Gasteiger partial charge in [-0.1, -0.05) is 0 Å². The first-order valence-corrected chi connectivity index (χ1v) is 7.99. The van der Waals surface area contributed by atoms with Crippen molar-refractivity contribution in [3.05, 3.63) is 0 Å². The van der Waals surface area contributed by atoms with E-state index in [9.17, 15) is 4.79 Å². The highest BCUT2D eigenvalue weighted by atomic mass is 16.5. The normalized spacial score (nSPS) is 40.3. The van der Waals surface area contributed by atoms with Gasteiger partial charge in [-0.15, -0.1) is 0 Å². The molecule has 4 aliphatic carbocycles. The second kappa shape index (κ2) is 4.26. The van der Waals surface area contributed by atoms with Gasteiger partial charge in [0.1, 0.15) is 0 Å². The minimum Gasteiger partial charge on any atom is -0.536 e. The van der Waals surface area contributed by atoms with E-state index < -0.39 is 0 Å². The van der Waals surface area contributed by atoms with Crippen LogP contribution in [0.3, 0.4) is 0 Å². The van der Waals surface area contributed by atoms with Crippen LogP contribution >= 0.6 is 0 Å². The molecule has 0 amide bonds. The standard InChI is InChI=1S/C16H27BO2/c1-15(2,3)14(18)19-17(4)16-8-11-5-12(9-16)7-13(6-11)10-16/h11-13H,5-10H2,1-4H3. The fraction of sp³-hybridized carbons (Fsp3) is 0.938. The summed E-state index contributed by atoms with van der Waals surface area (Å²) in [7, 11) is 0. The molecule has 2 nitrogen and oxygen atoms in total. The first-order valence-electron chi connectivity index (χ1n) is 7.99. The smallest absolute Gasteiger partial charge is 0.364 e. The molecule has 0 spiro atoms. The third-order valence-corrected chi connectivity index (χ3v) is 5.84. The van der Waals surface area contributed by atoms with Gasteiger partial charge >= 0.3 is 6.92 Å². The maximum Gasteiger partial charge on any atom is 0.364 e. The Bertz CT molecular complexity index is 347. The molecular weight excluding hydrogens is 235 g/mol. The summed E-state index contributed by atoms with van der Waals surface area (Å²) in [5.74, 6) is 2.72. The molecule has 0 aromatic heterocycles. The highest BCUT2D eigenvalue weighted by Crippen LogP contribution is 2.65. The Morgan fingerprint density at radius 3 is 1.84 bits per heavy atom. The molecule has 106 valence electrons. The van der Waals surface area contributed by atoms with E-state index in [0.29, 0.717) is 5.31 Å². The zero-order valence-electron chi connectivity index (χ0n) is 12.9. The minimum absolute atomic E-state index is 0.0317. The van der Waals surface area contributed by atoms with Gasteiger partial charge in [-0.3, -0.25) is 4.79 Å². The Balaban J connectivity index is 1.73. The molecular formula is C16H27BO2. The van der Waals surface area contributed by atoms with Crippen molar-refractivity contribution >= 4 is 12.9 Å². The van der Waals surface area contributed by atoms with Crippen LogP contribution in [0.25, 0.3) is 0 Å². The summed E-state index contributed by atoms with van der Waals surface area (Å²) in [4.78, 5) is 12.1. The molecule has 4 bridgehead atoms. The van der Waals surface area contributed by atoms with Crippen LogP contribution in [0.15, 0.2) is 0 Å². The van der Waals surface area contributed by atoms with Crippen molar-refractivity contribution in [2.45, 2.75) is 71.4 Å². The lowest BCUT2D eigenvalue weighted by molar-refractivity contribution is -0.144. The molecule has 3 heteroatoms. The predicted molar refractivity (Wildman–Crippen MR) is 78.0 cm³/mol. The van der Waals surface area contributed by atoms with Gasteiger partial charge in [0, 0.05) is 0 Å². The van der Waals surface area contributed by atoms with Crippen LogP contribution in [-0.4, -0.2) is 12.9 Å². The van der Waals surface area contributed by atoms with E-state index in [1.165, 1.54) is 38.5 Å². The van der Waals surface area contributed by atoms with Crippen LogP contribution in [0.5, 0.6) is 0 Å². The topological polar surface area (TPSA) is 26.3 Å². The monoisotopic (exact) mass is 262 g/mol. The molecule has 4 fully saturated rings. The number of carbonyl (C=O) groups excluding carboxylic acids is 1. The van der Waals surface area contributed by atoms with E-state index in [1.807, 2.05) is 20.8 Å². The van der Waals surface area contributed by atoms with E-state index in [4.69, 9.17) is 4.65 Å². The van der Waals surface area contributed by atoms with Crippen molar-refractivity contribution in [3.63, 3.8) is 0 Å². The Labute approximate surface area is 117 Å². The summed E-state index contributed by atoms with van der Waals surface area (Å²) >= 11 is 0. The molecule has 0 saturated heterocycles. The van der Waals surface area contributed by atoms with E-state index in [-0.39, 0.29) is 18.3 Å². The van der Waals surface area contributed by atoms with Crippen molar-refractivity contribution in [2.75, 3.05) is 0 Å². The average Bonchev–Trinajstić information content (AvgIpc) is 2.25. The predicted octanol–water partition coefficient (Wildman–Crippen LogP) is 4.17. The van der Waals surface area contributed by atoms with Crippen LogP contribution in [0.4, 0.5) is 0 Å². The summed E-state index contributed by atoms with van der Waals surface area (Å²) in [6, 6.07) is 0. The number of hydrogen-bond acceptors (Lipinski definition) is 2. The fourth-order valence-electron chi connectivity index (χ4n) is 5.14. The van der Waals surface area contributed by atoms with Crippen LogP contribution in [-0.2, 0) is 9.45 Å². The maximum absolute atomic E-state index is 12.1. The lowest BCUT2D eigenvalue weighted by Gasteiger charge is -2.57. The first-order chi connectivity index (χ1) is 8.78. The molecule has 4 aliphatic rings. The van der Waals surface area contributed by atoms with Gasteiger partial charge in [-0.2, -0.15) is 0 Å². The van der Waals surface area contributed by atoms with Crippen LogP contribution in [0, 0.1) is 23.2 Å². The van der Waals surface area contributed by atoms with Gasteiger partial charge in [-0.25, -0.2) is 0 Å². The van der Waals surface area contributed by atoms with Crippen LogP contribution in [0.2, 0.25) is 12.1 Å². The molecule has 0 aromatic carbocycles. The third-order valence-electron chi connectivity index (χ3n) is 5.84. The summed E-state index contributed by atoms with van der Waals surface area (Å²) in [6.45, 7) is 8.09. The molecule has 0 radical (unpaired) electrons. The van der Waals surface area contributed by atoms with Crippen molar-refractivity contribution in [1.82, 2.24) is 0 Å². The van der Waals surface area contributed by atoms with Crippen molar-refractivity contribution in [1.29, 1.82) is 0 Å². The zero-order chi connectivity index (χ0) is 13.8. The molecule has 0 aromatic rings. The number of hydrogen-bond donors (Lipinski definition) is 0. The molecule has 4 saturated carbocycles. The summed E-state index contributed by atoms with van der Waals surface area (Å²) in [6.07, 6.45) is 8.24. The van der Waals surface area contributed by atoms with Crippen LogP contribution < -0.4 is 0 Å². The average molecular weight is 262 g/mol. The minimum atomic E-state index is -0.378. The Morgan fingerprint density at radius 1 is 1.05 bits per heavy atom. The van der Waals surface area contributed by atoms with E-state index >= 15 is 0 Å². The summed E-state index contributed by atoms with van der Waals surface area (Å²) in [5, 5.41) is 0.315. The molecule has 0 unspecified atom stereocenters. The molecule has 19 heavy (non-hydrogen) atoms. The molecule has 0 atom stereocenters. The first kappa shape index (κ1) is 13.5. The van der Waals surface area contributed by atoms with Gasteiger partial charge in [-0.05, 0) is 89.2 Å². The third kappa shape index (κ3) is 2.34. The van der Waals surface area contributed by atoms with Crippen molar-refractivity contribution in [3.8, 4) is 0 Å². The van der Waals surface area contributed by atoms with Gasteiger partial charge < -0.3 is 4.65 Å². The van der Waals surface area contributed by atoms with Crippen LogP contribution in [0.1, 0.15) is 59.3 Å².